The van der Waals surface area contributed by atoms with Crippen molar-refractivity contribution >= 4 is 0 Å². The first-order chi connectivity index (χ1) is 8.68. The molecule has 0 saturated heterocycles. The molecule has 0 amide bonds. The molecule has 0 saturated carbocycles. The van der Waals surface area contributed by atoms with Crippen LogP contribution in [0.2, 0.25) is 0 Å². The van der Waals surface area contributed by atoms with E-state index in [-0.39, 0.29) is 6.17 Å². The van der Waals surface area contributed by atoms with Gasteiger partial charge in [0.15, 0.2) is 0 Å². The summed E-state index contributed by atoms with van der Waals surface area (Å²) in [7, 11) is 4.01. The summed E-state index contributed by atoms with van der Waals surface area (Å²) in [5, 5.41) is 0. The number of rotatable bonds is 4. The maximum Gasteiger partial charge on any atom is 0.0833 e. The minimum absolute atomic E-state index is 0.0510. The second kappa shape index (κ2) is 5.80. The van der Waals surface area contributed by atoms with Crippen molar-refractivity contribution in [2.75, 3.05) is 14.1 Å². The molecular weight excluding hydrogens is 220 g/mol. The van der Waals surface area contributed by atoms with Crippen LogP contribution in [0, 0.1) is 0 Å². The fourth-order valence-electron chi connectivity index (χ4n) is 2.08. The van der Waals surface area contributed by atoms with Gasteiger partial charge in [0, 0.05) is 0 Å². The monoisotopic (exact) mass is 240 g/mol. The lowest BCUT2D eigenvalue weighted by Crippen LogP contribution is -2.28. The van der Waals surface area contributed by atoms with Crippen LogP contribution in [0.25, 0.3) is 0 Å². The van der Waals surface area contributed by atoms with Gasteiger partial charge in [0.05, 0.1) is 6.17 Å². The minimum Gasteiger partial charge on any atom is -0.312 e. The van der Waals surface area contributed by atoms with Crippen molar-refractivity contribution < 1.29 is 0 Å². The maximum atomic E-state index is 6.22. The Morgan fingerprint density at radius 3 is 2.22 bits per heavy atom. The summed E-state index contributed by atoms with van der Waals surface area (Å²) in [4.78, 5) is 2.03. The van der Waals surface area contributed by atoms with Gasteiger partial charge in [0.25, 0.3) is 0 Å². The van der Waals surface area contributed by atoms with Crippen LogP contribution in [0.1, 0.15) is 22.9 Å². The largest absolute Gasteiger partial charge is 0.312 e. The zero-order chi connectivity index (χ0) is 13.0. The van der Waals surface area contributed by atoms with Crippen LogP contribution in [-0.2, 0) is 6.42 Å². The molecule has 2 aromatic carbocycles. The van der Waals surface area contributed by atoms with Gasteiger partial charge in [-0.15, -0.1) is 0 Å². The summed E-state index contributed by atoms with van der Waals surface area (Å²) in [5.74, 6) is 0. The molecule has 1 unspecified atom stereocenters. The van der Waals surface area contributed by atoms with Crippen LogP contribution in [-0.4, -0.2) is 19.0 Å². The van der Waals surface area contributed by atoms with E-state index in [9.17, 15) is 0 Å². The summed E-state index contributed by atoms with van der Waals surface area (Å²) < 4.78 is 0. The third kappa shape index (κ3) is 2.97. The average Bonchev–Trinajstić information content (AvgIpc) is 2.39. The van der Waals surface area contributed by atoms with Gasteiger partial charge in [0.2, 0.25) is 0 Å². The molecule has 1 atom stereocenters. The number of nitrogens with two attached hydrogens (primary N) is 1. The van der Waals surface area contributed by atoms with Gasteiger partial charge in [-0.25, -0.2) is 0 Å². The lowest BCUT2D eigenvalue weighted by atomic mass is 9.98. The van der Waals surface area contributed by atoms with Crippen molar-refractivity contribution in [3.63, 3.8) is 0 Å². The Morgan fingerprint density at radius 1 is 0.944 bits per heavy atom. The predicted octanol–water partition coefficient (Wildman–Crippen LogP) is 2.80. The number of hydrogen-bond acceptors (Lipinski definition) is 2. The first kappa shape index (κ1) is 12.8. The van der Waals surface area contributed by atoms with Crippen molar-refractivity contribution in [2.45, 2.75) is 12.6 Å². The van der Waals surface area contributed by atoms with Crippen molar-refractivity contribution in [3.05, 3.63) is 71.3 Å². The zero-order valence-electron chi connectivity index (χ0n) is 11.0. The summed E-state index contributed by atoms with van der Waals surface area (Å²) in [6, 6.07) is 18.9. The van der Waals surface area contributed by atoms with E-state index in [1.165, 1.54) is 16.7 Å². The highest BCUT2D eigenvalue weighted by atomic mass is 15.2. The molecule has 0 radical (unpaired) electrons. The van der Waals surface area contributed by atoms with Gasteiger partial charge in [-0.05, 0) is 37.2 Å². The molecule has 0 bridgehead atoms. The van der Waals surface area contributed by atoms with Gasteiger partial charge >= 0.3 is 0 Å². The molecule has 0 aliphatic heterocycles. The molecule has 0 heterocycles. The Balaban J connectivity index is 2.28. The van der Waals surface area contributed by atoms with E-state index < -0.39 is 0 Å². The molecule has 0 aromatic heterocycles. The molecule has 2 rings (SSSR count). The summed E-state index contributed by atoms with van der Waals surface area (Å²) in [5.41, 5.74) is 10.0. The first-order valence-corrected chi connectivity index (χ1v) is 6.22. The van der Waals surface area contributed by atoms with Crippen molar-refractivity contribution in [1.29, 1.82) is 0 Å². The van der Waals surface area contributed by atoms with Gasteiger partial charge < -0.3 is 5.73 Å². The van der Waals surface area contributed by atoms with Gasteiger partial charge in [-0.1, -0.05) is 54.6 Å². The van der Waals surface area contributed by atoms with E-state index in [1.54, 1.807) is 0 Å². The van der Waals surface area contributed by atoms with E-state index in [1.807, 2.05) is 31.1 Å². The topological polar surface area (TPSA) is 29.3 Å². The SMILES string of the molecule is CN(C)C(N)c1ccccc1Cc1ccccc1. The number of nitrogens with zero attached hydrogens (tertiary/aromatic N) is 1. The zero-order valence-corrected chi connectivity index (χ0v) is 11.0. The molecule has 0 fully saturated rings. The lowest BCUT2D eigenvalue weighted by molar-refractivity contribution is 0.306. The van der Waals surface area contributed by atoms with Crippen LogP contribution in [0.5, 0.6) is 0 Å². The highest BCUT2D eigenvalue weighted by Crippen LogP contribution is 2.20. The fourth-order valence-corrected chi connectivity index (χ4v) is 2.08. The number of benzene rings is 2. The normalized spacial score (nSPS) is 12.7. The van der Waals surface area contributed by atoms with Crippen LogP contribution in [0.15, 0.2) is 54.6 Å². The Bertz CT molecular complexity index is 491. The van der Waals surface area contributed by atoms with Crippen LogP contribution in [0.3, 0.4) is 0 Å². The molecule has 0 aliphatic carbocycles. The predicted molar refractivity (Wildman–Crippen MR) is 76.3 cm³/mol. The highest BCUT2D eigenvalue weighted by molar-refractivity contribution is 5.34. The lowest BCUT2D eigenvalue weighted by Gasteiger charge is -2.22. The third-order valence-electron chi connectivity index (χ3n) is 3.17. The van der Waals surface area contributed by atoms with Gasteiger partial charge in [-0.2, -0.15) is 0 Å². The quantitative estimate of drug-likeness (QED) is 0.833. The molecule has 2 aromatic rings. The van der Waals surface area contributed by atoms with E-state index >= 15 is 0 Å². The molecule has 0 aliphatic rings. The molecule has 2 N–H and O–H groups in total. The summed E-state index contributed by atoms with van der Waals surface area (Å²) in [6.45, 7) is 0. The molecule has 0 spiro atoms. The van der Waals surface area contributed by atoms with E-state index in [0.29, 0.717) is 0 Å². The van der Waals surface area contributed by atoms with Crippen molar-refractivity contribution in [3.8, 4) is 0 Å². The molecule has 94 valence electrons. The Morgan fingerprint density at radius 2 is 1.56 bits per heavy atom. The maximum absolute atomic E-state index is 6.22. The minimum atomic E-state index is -0.0510. The van der Waals surface area contributed by atoms with Crippen LogP contribution in [0.4, 0.5) is 0 Å². The number of hydrogen-bond donors (Lipinski definition) is 1. The highest BCUT2D eigenvalue weighted by Gasteiger charge is 2.12. The second-order valence-corrected chi connectivity index (χ2v) is 4.77. The van der Waals surface area contributed by atoms with Gasteiger partial charge in [0.1, 0.15) is 0 Å². The average molecular weight is 240 g/mol. The van der Waals surface area contributed by atoms with Gasteiger partial charge in [-0.3, -0.25) is 4.90 Å². The van der Waals surface area contributed by atoms with E-state index in [2.05, 4.69) is 42.5 Å². The summed E-state index contributed by atoms with van der Waals surface area (Å²) >= 11 is 0. The van der Waals surface area contributed by atoms with Crippen LogP contribution < -0.4 is 5.73 Å². The Kier molecular flexibility index (Phi) is 4.13. The molecule has 2 nitrogen and oxygen atoms in total. The first-order valence-electron chi connectivity index (χ1n) is 6.22. The smallest absolute Gasteiger partial charge is 0.0833 e. The third-order valence-corrected chi connectivity index (χ3v) is 3.17. The van der Waals surface area contributed by atoms with Crippen molar-refractivity contribution in [1.82, 2.24) is 4.90 Å². The fraction of sp³-hybridized carbons (Fsp3) is 0.250. The Hall–Kier alpha value is -1.64. The second-order valence-electron chi connectivity index (χ2n) is 4.77. The van der Waals surface area contributed by atoms with E-state index in [4.69, 9.17) is 5.73 Å². The molecular formula is C16H20N2. The molecule has 2 heteroatoms. The van der Waals surface area contributed by atoms with Crippen molar-refractivity contribution in [2.24, 2.45) is 5.73 Å². The molecule has 18 heavy (non-hydrogen) atoms. The Labute approximate surface area is 109 Å². The van der Waals surface area contributed by atoms with E-state index in [0.717, 1.165) is 6.42 Å². The van der Waals surface area contributed by atoms with Crippen LogP contribution >= 0.6 is 0 Å². The summed E-state index contributed by atoms with van der Waals surface area (Å²) in [6.07, 6.45) is 0.878. The standard InChI is InChI=1S/C16H20N2/c1-18(2)16(17)15-11-7-6-10-14(15)12-13-8-4-3-5-9-13/h3-11,16H,12,17H2,1-2H3.